The van der Waals surface area contributed by atoms with Crippen LogP contribution in [0.25, 0.3) is 22.9 Å². The highest BCUT2D eigenvalue weighted by molar-refractivity contribution is 5.72. The third-order valence-electron chi connectivity index (χ3n) is 8.34. The third-order valence-corrected chi connectivity index (χ3v) is 8.34. The van der Waals surface area contributed by atoms with Gasteiger partial charge in [-0.05, 0) is 84.5 Å². The van der Waals surface area contributed by atoms with E-state index in [0.717, 1.165) is 47.7 Å². The summed E-state index contributed by atoms with van der Waals surface area (Å²) in [5.74, 6) is 3.48. The highest BCUT2D eigenvalue weighted by Gasteiger charge is 2.35. The maximum Gasteiger partial charge on any atom is 0.178 e. The lowest BCUT2D eigenvalue weighted by atomic mass is 9.87. The normalized spacial score (nSPS) is 21.1. The highest BCUT2D eigenvalue weighted by Crippen LogP contribution is 2.40. The molecule has 6 rings (SSSR count). The summed E-state index contributed by atoms with van der Waals surface area (Å²) in [5.41, 5.74) is 3.21. The van der Waals surface area contributed by atoms with Crippen LogP contribution in [-0.2, 0) is 6.54 Å². The van der Waals surface area contributed by atoms with Crippen LogP contribution in [0.4, 0.5) is 5.69 Å². The van der Waals surface area contributed by atoms with E-state index in [1.54, 1.807) is 6.33 Å². The smallest absolute Gasteiger partial charge is 0.178 e. The minimum atomic E-state index is 0.230. The Morgan fingerprint density at radius 3 is 2.56 bits per heavy atom. The highest BCUT2D eigenvalue weighted by atomic mass is 16.5. The number of rotatable bonds is 5. The molecule has 8 heteroatoms. The van der Waals surface area contributed by atoms with E-state index in [0.29, 0.717) is 18.7 Å². The molecule has 2 fully saturated rings. The molecule has 0 spiro atoms. The lowest BCUT2D eigenvalue weighted by Crippen LogP contribution is -2.44. The van der Waals surface area contributed by atoms with Crippen molar-refractivity contribution >= 4 is 5.69 Å². The summed E-state index contributed by atoms with van der Waals surface area (Å²) in [6, 6.07) is 8.28. The zero-order chi connectivity index (χ0) is 24.8. The minimum absolute atomic E-state index is 0.230. The first-order valence-electron chi connectivity index (χ1n) is 13.7. The number of aromatic nitrogens is 5. The fraction of sp³-hybridized carbons (Fsp3) is 0.607. The van der Waals surface area contributed by atoms with E-state index >= 15 is 0 Å². The Morgan fingerprint density at radius 1 is 0.944 bits per heavy atom. The SMILES string of the molecule is CC(C)N1CCC([C@H]2CCCN2c2ccc3c(c2)OCCn2cc(-c4ncnn4C(C)C)nc2-3)CC1. The van der Waals surface area contributed by atoms with Crippen molar-refractivity contribution in [3.63, 3.8) is 0 Å². The van der Waals surface area contributed by atoms with E-state index in [2.05, 4.69) is 76.5 Å². The average molecular weight is 490 g/mol. The largest absolute Gasteiger partial charge is 0.491 e. The Morgan fingerprint density at radius 2 is 1.78 bits per heavy atom. The van der Waals surface area contributed by atoms with Crippen LogP contribution in [0.15, 0.2) is 30.7 Å². The van der Waals surface area contributed by atoms with Crippen LogP contribution in [0.1, 0.15) is 59.4 Å². The van der Waals surface area contributed by atoms with E-state index in [1.165, 1.54) is 44.5 Å². The van der Waals surface area contributed by atoms with E-state index in [-0.39, 0.29) is 6.04 Å². The molecule has 0 saturated carbocycles. The fourth-order valence-corrected chi connectivity index (χ4v) is 6.39. The topological polar surface area (TPSA) is 64.2 Å². The third kappa shape index (κ3) is 4.19. The summed E-state index contributed by atoms with van der Waals surface area (Å²) in [5, 5.41) is 4.40. The van der Waals surface area contributed by atoms with Gasteiger partial charge < -0.3 is 19.1 Å². The van der Waals surface area contributed by atoms with Crippen LogP contribution >= 0.6 is 0 Å². The molecular formula is C28H39N7O. The monoisotopic (exact) mass is 489 g/mol. The van der Waals surface area contributed by atoms with Crippen LogP contribution in [0, 0.1) is 5.92 Å². The molecule has 36 heavy (non-hydrogen) atoms. The maximum atomic E-state index is 6.28. The number of likely N-dealkylation sites (tertiary alicyclic amines) is 1. The Balaban J connectivity index is 1.27. The molecule has 1 atom stereocenters. The second-order valence-electron chi connectivity index (χ2n) is 11.2. The van der Waals surface area contributed by atoms with Gasteiger partial charge in [0.25, 0.3) is 0 Å². The van der Waals surface area contributed by atoms with E-state index in [4.69, 9.17) is 9.72 Å². The standard InChI is InChI=1S/C28H39N7O/c1-19(2)32-12-9-21(10-13-32)25-6-5-11-34(25)22-7-8-23-26(16-22)36-15-14-33-17-24(31-27(23)33)28-29-18-30-35(28)20(3)4/h7-8,16-21,25H,5-6,9-15H2,1-4H3/t25-/m1/s1. The lowest BCUT2D eigenvalue weighted by Gasteiger charge is -2.40. The van der Waals surface area contributed by atoms with Gasteiger partial charge in [-0.15, -0.1) is 0 Å². The maximum absolute atomic E-state index is 6.28. The molecule has 0 aliphatic carbocycles. The predicted molar refractivity (Wildman–Crippen MR) is 142 cm³/mol. The van der Waals surface area contributed by atoms with Crippen LogP contribution in [0.2, 0.25) is 0 Å². The van der Waals surface area contributed by atoms with Gasteiger partial charge >= 0.3 is 0 Å². The van der Waals surface area contributed by atoms with Gasteiger partial charge in [-0.3, -0.25) is 0 Å². The molecule has 192 valence electrons. The number of benzene rings is 1. The molecule has 2 aromatic heterocycles. The molecule has 0 amide bonds. The molecule has 3 aliphatic rings. The predicted octanol–water partition coefficient (Wildman–Crippen LogP) is 4.87. The molecule has 2 saturated heterocycles. The molecule has 0 radical (unpaired) electrons. The van der Waals surface area contributed by atoms with Crippen LogP contribution in [0.5, 0.6) is 5.75 Å². The first kappa shape index (κ1) is 23.5. The van der Waals surface area contributed by atoms with Crippen molar-refractivity contribution in [2.24, 2.45) is 5.92 Å². The quantitative estimate of drug-likeness (QED) is 0.509. The Hall–Kier alpha value is -2.87. The summed E-state index contributed by atoms with van der Waals surface area (Å²) < 4.78 is 10.4. The van der Waals surface area contributed by atoms with Crippen LogP contribution in [-0.4, -0.2) is 67.5 Å². The molecule has 3 aliphatic heterocycles. The van der Waals surface area contributed by atoms with Gasteiger partial charge in [0.05, 0.1) is 12.1 Å². The average Bonchev–Trinajstić information content (AvgIpc) is 3.62. The minimum Gasteiger partial charge on any atom is -0.491 e. The number of hydrogen-bond acceptors (Lipinski definition) is 6. The van der Waals surface area contributed by atoms with Crippen molar-refractivity contribution in [2.75, 3.05) is 31.1 Å². The number of nitrogens with zero attached hydrogens (tertiary/aromatic N) is 7. The van der Waals surface area contributed by atoms with Gasteiger partial charge in [-0.25, -0.2) is 14.6 Å². The van der Waals surface area contributed by atoms with E-state index in [1.807, 2.05) is 4.68 Å². The molecular weight excluding hydrogens is 450 g/mol. The number of imidazole rings is 1. The van der Waals surface area contributed by atoms with Crippen molar-refractivity contribution in [3.8, 4) is 28.7 Å². The summed E-state index contributed by atoms with van der Waals surface area (Å²) >= 11 is 0. The Bertz CT molecular complexity index is 1200. The molecule has 1 aromatic carbocycles. The van der Waals surface area contributed by atoms with Gasteiger partial charge in [-0.2, -0.15) is 5.10 Å². The molecule has 3 aromatic rings. The van der Waals surface area contributed by atoms with Crippen LogP contribution in [0.3, 0.4) is 0 Å². The molecule has 0 N–H and O–H groups in total. The first-order valence-corrected chi connectivity index (χ1v) is 13.7. The van der Waals surface area contributed by atoms with E-state index < -0.39 is 0 Å². The van der Waals surface area contributed by atoms with Gasteiger partial charge in [0, 0.05) is 42.6 Å². The lowest BCUT2D eigenvalue weighted by molar-refractivity contribution is 0.138. The molecule has 5 heterocycles. The van der Waals surface area contributed by atoms with Crippen molar-refractivity contribution in [2.45, 2.75) is 78.0 Å². The zero-order valence-corrected chi connectivity index (χ0v) is 22.1. The number of hydrogen-bond donors (Lipinski definition) is 0. The van der Waals surface area contributed by atoms with Gasteiger partial charge in [0.1, 0.15) is 30.2 Å². The second kappa shape index (κ2) is 9.54. The molecule has 0 bridgehead atoms. The Labute approximate surface area is 214 Å². The number of anilines is 1. The Kier molecular flexibility index (Phi) is 6.23. The van der Waals surface area contributed by atoms with Crippen molar-refractivity contribution < 1.29 is 4.74 Å². The zero-order valence-electron chi connectivity index (χ0n) is 22.1. The van der Waals surface area contributed by atoms with Crippen molar-refractivity contribution in [1.82, 2.24) is 29.2 Å². The second-order valence-corrected chi connectivity index (χ2v) is 11.2. The van der Waals surface area contributed by atoms with Crippen LogP contribution < -0.4 is 9.64 Å². The summed E-state index contributed by atoms with van der Waals surface area (Å²) in [6.07, 6.45) is 8.89. The van der Waals surface area contributed by atoms with Gasteiger partial charge in [-0.1, -0.05) is 0 Å². The first-order chi connectivity index (χ1) is 17.5. The number of ether oxygens (including phenoxy) is 1. The van der Waals surface area contributed by atoms with Crippen molar-refractivity contribution in [1.29, 1.82) is 0 Å². The fourth-order valence-electron chi connectivity index (χ4n) is 6.39. The van der Waals surface area contributed by atoms with E-state index in [9.17, 15) is 0 Å². The summed E-state index contributed by atoms with van der Waals surface area (Å²) in [6.45, 7) is 13.9. The van der Waals surface area contributed by atoms with Gasteiger partial charge in [0.15, 0.2) is 5.82 Å². The molecule has 8 nitrogen and oxygen atoms in total. The number of fused-ring (bicyclic) bond motifs is 3. The number of piperidine rings is 1. The summed E-state index contributed by atoms with van der Waals surface area (Å²) in [7, 11) is 0. The summed E-state index contributed by atoms with van der Waals surface area (Å²) in [4.78, 5) is 14.8. The van der Waals surface area contributed by atoms with Crippen molar-refractivity contribution in [3.05, 3.63) is 30.7 Å². The van der Waals surface area contributed by atoms with Gasteiger partial charge in [0.2, 0.25) is 0 Å². The molecule has 0 unspecified atom stereocenters.